The number of aliphatic hydroxyl groups is 1. The van der Waals surface area contributed by atoms with E-state index >= 15 is 0 Å². The summed E-state index contributed by atoms with van der Waals surface area (Å²) < 4.78 is 0. The molecule has 342 valence electrons. The minimum Gasteiger partial charge on any atom is -0.481 e. The van der Waals surface area contributed by atoms with Gasteiger partial charge in [-0.2, -0.15) is 0 Å². The maximum Gasteiger partial charge on any atom is 0.326 e. The van der Waals surface area contributed by atoms with Crippen LogP contribution in [0.25, 0.3) is 0 Å². The minimum absolute atomic E-state index is 0.00512. The van der Waals surface area contributed by atoms with E-state index in [-0.39, 0.29) is 49.4 Å². The average molecular weight is 859 g/mol. The van der Waals surface area contributed by atoms with Gasteiger partial charge in [-0.1, -0.05) is 55.4 Å². The molecule has 0 bridgehead atoms. The van der Waals surface area contributed by atoms with Gasteiger partial charge in [0.25, 0.3) is 0 Å². The second-order valence-corrected chi connectivity index (χ2v) is 16.5. The van der Waals surface area contributed by atoms with Gasteiger partial charge < -0.3 is 63.4 Å². The maximum absolute atomic E-state index is 13.7. The number of hydrogen-bond donors (Lipinski definition) is 12. The molecule has 7 amide bonds. The number of carbonyl (C=O) groups excluding carboxylic acids is 7. The van der Waals surface area contributed by atoms with Crippen molar-refractivity contribution >= 4 is 59.3 Å². The smallest absolute Gasteiger partial charge is 0.326 e. The zero-order chi connectivity index (χ0) is 46.6. The molecule has 0 saturated heterocycles. The van der Waals surface area contributed by atoms with Crippen molar-refractivity contribution in [1.29, 1.82) is 0 Å². The van der Waals surface area contributed by atoms with Crippen molar-refractivity contribution < 1.29 is 68.4 Å². The van der Waals surface area contributed by atoms with E-state index in [0.29, 0.717) is 0 Å². The van der Waals surface area contributed by atoms with E-state index in [9.17, 15) is 68.4 Å². The lowest BCUT2D eigenvalue weighted by Crippen LogP contribution is -2.61. The summed E-state index contributed by atoms with van der Waals surface area (Å²) in [6.07, 6.45) is -3.05. The molecule has 0 aromatic rings. The van der Waals surface area contributed by atoms with Gasteiger partial charge in [0.15, 0.2) is 0 Å². The molecule has 0 heterocycles. The lowest BCUT2D eigenvalue weighted by molar-refractivity contribution is -0.144. The van der Waals surface area contributed by atoms with Crippen LogP contribution in [0.1, 0.15) is 101 Å². The number of aliphatic carboxylic acids is 3. The summed E-state index contributed by atoms with van der Waals surface area (Å²) in [4.78, 5) is 127. The summed E-state index contributed by atoms with van der Waals surface area (Å²) in [6, 6.07) is -10.1. The first-order chi connectivity index (χ1) is 27.6. The van der Waals surface area contributed by atoms with Crippen LogP contribution in [0.5, 0.6) is 0 Å². The summed E-state index contributed by atoms with van der Waals surface area (Å²) in [5.74, 6) is -11.7. The first kappa shape index (κ1) is 54.6. The summed E-state index contributed by atoms with van der Waals surface area (Å²) in [6.45, 7) is 14.3. The molecule has 0 aliphatic carbocycles. The van der Waals surface area contributed by atoms with Gasteiger partial charge in [-0.25, -0.2) is 4.79 Å². The molecule has 22 heteroatoms. The fraction of sp³-hybridized carbons (Fsp3) is 0.737. The van der Waals surface area contributed by atoms with Crippen molar-refractivity contribution in [1.82, 2.24) is 37.2 Å². The largest absolute Gasteiger partial charge is 0.481 e. The summed E-state index contributed by atoms with van der Waals surface area (Å²) in [5, 5.41) is 54.8. The van der Waals surface area contributed by atoms with Gasteiger partial charge in [0.05, 0.1) is 31.5 Å². The number of carboxylic acid groups (broad SMARTS) is 3. The van der Waals surface area contributed by atoms with Crippen LogP contribution in [0.15, 0.2) is 0 Å². The molecule has 0 aromatic carbocycles. The highest BCUT2D eigenvalue weighted by atomic mass is 16.4. The zero-order valence-corrected chi connectivity index (χ0v) is 35.8. The molecular weight excluding hydrogens is 792 g/mol. The quantitative estimate of drug-likeness (QED) is 0.0403. The van der Waals surface area contributed by atoms with Crippen molar-refractivity contribution in [2.24, 2.45) is 29.4 Å². The summed E-state index contributed by atoms with van der Waals surface area (Å²) >= 11 is 0. The summed E-state index contributed by atoms with van der Waals surface area (Å²) in [7, 11) is 0. The van der Waals surface area contributed by atoms with Crippen LogP contribution in [-0.4, -0.2) is 135 Å². The maximum atomic E-state index is 13.7. The predicted molar refractivity (Wildman–Crippen MR) is 214 cm³/mol. The highest BCUT2D eigenvalue weighted by Gasteiger charge is 2.35. The molecule has 0 aromatic heterocycles. The van der Waals surface area contributed by atoms with Gasteiger partial charge in [-0.05, 0) is 56.3 Å². The highest BCUT2D eigenvalue weighted by Crippen LogP contribution is 2.12. The number of carboxylic acids is 3. The van der Waals surface area contributed by atoms with Crippen LogP contribution < -0.4 is 43.0 Å². The molecule has 22 nitrogen and oxygen atoms in total. The average Bonchev–Trinajstić information content (AvgIpc) is 3.09. The van der Waals surface area contributed by atoms with E-state index in [1.54, 1.807) is 41.5 Å². The zero-order valence-electron chi connectivity index (χ0n) is 35.8. The van der Waals surface area contributed by atoms with Gasteiger partial charge in [0, 0.05) is 0 Å². The number of nitrogens with two attached hydrogens (primary N) is 1. The lowest BCUT2D eigenvalue weighted by Gasteiger charge is -2.28. The molecule has 0 rings (SSSR count). The van der Waals surface area contributed by atoms with Gasteiger partial charge in [0.1, 0.15) is 36.3 Å². The Bertz CT molecular complexity index is 1520. The van der Waals surface area contributed by atoms with Crippen molar-refractivity contribution in [3.63, 3.8) is 0 Å². The van der Waals surface area contributed by atoms with Gasteiger partial charge >= 0.3 is 17.9 Å². The number of amides is 7. The fourth-order valence-corrected chi connectivity index (χ4v) is 5.76. The standard InChI is InChI=1S/C38H66N8O14/c1-17(2)10-22(39)32(53)42-26(15-30(51)52)35(56)43-23(11-18(3)4)33(54)44-24(12-19(5)6)36(57)46-31(21(9)47)37(58)40-16-28(48)41-25(14-29(49)50)34(55)45-27(38(59)60)13-20(7)8/h17-27,31,47H,10-16,39H2,1-9H3,(H,40,58)(H,41,48)(H,42,53)(H,43,56)(H,44,54)(H,45,55)(H,46,57)(H,49,50)(H,51,52)(H,59,60)/t21-,22+,23+,24+,25+,26+,27+,31+/m1/s1. The second kappa shape index (κ2) is 26.7. The molecule has 8 atom stereocenters. The molecular formula is C38H66N8O14. The number of carbonyl (C=O) groups is 10. The Morgan fingerprint density at radius 3 is 1.18 bits per heavy atom. The topological polar surface area (TPSA) is 362 Å². The molecule has 60 heavy (non-hydrogen) atoms. The van der Waals surface area contributed by atoms with Crippen LogP contribution in [0, 0.1) is 23.7 Å². The number of rotatable bonds is 28. The third-order valence-corrected chi connectivity index (χ3v) is 8.59. The Labute approximate surface area is 349 Å². The van der Waals surface area contributed by atoms with Crippen LogP contribution in [0.3, 0.4) is 0 Å². The van der Waals surface area contributed by atoms with Crippen LogP contribution >= 0.6 is 0 Å². The number of nitrogens with one attached hydrogen (secondary N) is 7. The number of aliphatic hydroxyl groups excluding tert-OH is 1. The highest BCUT2D eigenvalue weighted by molar-refractivity contribution is 5.98. The lowest BCUT2D eigenvalue weighted by atomic mass is 9.99. The Balaban J connectivity index is 6.04. The van der Waals surface area contributed by atoms with Crippen molar-refractivity contribution in [2.45, 2.75) is 149 Å². The van der Waals surface area contributed by atoms with E-state index in [1.807, 2.05) is 13.8 Å². The second-order valence-electron chi connectivity index (χ2n) is 16.5. The Kier molecular flexibility index (Phi) is 24.3. The first-order valence-electron chi connectivity index (χ1n) is 19.8. The van der Waals surface area contributed by atoms with Gasteiger partial charge in [-0.3, -0.25) is 43.2 Å². The Hall–Kier alpha value is -5.38. The van der Waals surface area contributed by atoms with E-state index in [1.165, 1.54) is 0 Å². The van der Waals surface area contributed by atoms with E-state index in [0.717, 1.165) is 6.92 Å². The molecule has 0 fully saturated rings. The number of hydrogen-bond acceptors (Lipinski definition) is 12. The van der Waals surface area contributed by atoms with Crippen molar-refractivity contribution in [2.75, 3.05) is 6.54 Å². The third-order valence-electron chi connectivity index (χ3n) is 8.59. The predicted octanol–water partition coefficient (Wildman–Crippen LogP) is -2.06. The third kappa shape index (κ3) is 22.1. The fourth-order valence-electron chi connectivity index (χ4n) is 5.76. The van der Waals surface area contributed by atoms with Gasteiger partial charge in [-0.15, -0.1) is 0 Å². The van der Waals surface area contributed by atoms with Crippen LogP contribution in [-0.2, 0) is 47.9 Å². The first-order valence-corrected chi connectivity index (χ1v) is 19.8. The van der Waals surface area contributed by atoms with E-state index in [4.69, 9.17) is 5.73 Å². The summed E-state index contributed by atoms with van der Waals surface area (Å²) in [5.41, 5.74) is 5.91. The molecule has 0 unspecified atom stereocenters. The molecule has 13 N–H and O–H groups in total. The molecule has 0 saturated carbocycles. The van der Waals surface area contributed by atoms with Crippen LogP contribution in [0.4, 0.5) is 0 Å². The Morgan fingerprint density at radius 2 is 0.800 bits per heavy atom. The Morgan fingerprint density at radius 1 is 0.450 bits per heavy atom. The van der Waals surface area contributed by atoms with Crippen molar-refractivity contribution in [3.8, 4) is 0 Å². The normalized spacial score (nSPS) is 15.3. The van der Waals surface area contributed by atoms with E-state index in [2.05, 4.69) is 37.2 Å². The SMILES string of the molecule is CC(C)C[C@H](NC(=O)[C@H](CC(=O)O)NC(=O)CNC(=O)[C@@H](NC(=O)[C@H](CC(C)C)NC(=O)[C@H](CC(C)C)NC(=O)[C@H](CC(=O)O)NC(=O)[C@@H](N)CC(C)C)[C@@H](C)O)C(=O)O. The molecule has 0 aliphatic heterocycles. The van der Waals surface area contributed by atoms with Gasteiger partial charge in [0.2, 0.25) is 41.4 Å². The van der Waals surface area contributed by atoms with Crippen LogP contribution in [0.2, 0.25) is 0 Å². The molecule has 0 aliphatic rings. The molecule has 0 spiro atoms. The molecule has 0 radical (unpaired) electrons. The van der Waals surface area contributed by atoms with Crippen molar-refractivity contribution in [3.05, 3.63) is 0 Å². The van der Waals surface area contributed by atoms with E-state index < -0.39 is 127 Å². The monoisotopic (exact) mass is 858 g/mol. The minimum atomic E-state index is -1.73.